The lowest BCUT2D eigenvalue weighted by atomic mass is 9.96. The minimum absolute atomic E-state index is 0.0741. The molecule has 0 aliphatic carbocycles. The van der Waals surface area contributed by atoms with E-state index in [0.717, 1.165) is 0 Å². The number of halogens is 6. The van der Waals surface area contributed by atoms with Crippen LogP contribution in [-0.4, -0.2) is 38.3 Å². The maximum absolute atomic E-state index is 11.1. The van der Waals surface area contributed by atoms with Crippen LogP contribution in [0.4, 0.5) is 5.69 Å². The summed E-state index contributed by atoms with van der Waals surface area (Å²) in [5.74, 6) is -0.379. The van der Waals surface area contributed by atoms with Gasteiger partial charge < -0.3 is 9.84 Å². The van der Waals surface area contributed by atoms with Crippen LogP contribution in [0.3, 0.4) is 0 Å². The van der Waals surface area contributed by atoms with E-state index in [2.05, 4.69) is 4.99 Å². The molecular weight excluding hydrogens is 445 g/mol. The lowest BCUT2D eigenvalue weighted by Gasteiger charge is -2.40. The van der Waals surface area contributed by atoms with Crippen molar-refractivity contribution in [2.45, 2.75) is 13.2 Å². The number of carbonyl (C=O) groups excluding carboxylic acids is 1. The molecule has 0 spiro atoms. The summed E-state index contributed by atoms with van der Waals surface area (Å²) in [4.78, 5) is 16.4. The number of ether oxygens (including phenoxy) is 1. The van der Waals surface area contributed by atoms with E-state index < -0.39 is 13.2 Å². The lowest BCUT2D eigenvalue weighted by molar-refractivity contribution is -0.118. The second-order valence-corrected chi connectivity index (χ2v) is 9.45. The molecule has 0 fully saturated rings. The van der Waals surface area contributed by atoms with Gasteiger partial charge >= 0.3 is 0 Å². The average Bonchev–Trinajstić information content (AvgIpc) is 2.90. The van der Waals surface area contributed by atoms with Crippen molar-refractivity contribution in [3.63, 3.8) is 0 Å². The van der Waals surface area contributed by atoms with Gasteiger partial charge in [-0.05, 0) is 17.7 Å². The molecule has 5 nitrogen and oxygen atoms in total. The number of aliphatic imine (C=N–C) groups is 1. The van der Waals surface area contributed by atoms with Gasteiger partial charge in [0.2, 0.25) is 7.59 Å². The van der Waals surface area contributed by atoms with Gasteiger partial charge in [-0.3, -0.25) is 9.69 Å². The number of alkyl halides is 6. The fourth-order valence-corrected chi connectivity index (χ4v) is 3.93. The summed E-state index contributed by atoms with van der Waals surface area (Å²) < 4.78 is 0.520. The summed E-state index contributed by atoms with van der Waals surface area (Å²) in [6.07, 6.45) is 0. The number of amidine groups is 1. The van der Waals surface area contributed by atoms with Crippen LogP contribution in [0.1, 0.15) is 5.56 Å². The molecule has 11 heteroatoms. The maximum Gasteiger partial charge on any atom is 0.300 e. The van der Waals surface area contributed by atoms with Gasteiger partial charge in [-0.2, -0.15) is 4.99 Å². The van der Waals surface area contributed by atoms with Gasteiger partial charge in [0.05, 0.1) is 0 Å². The minimum atomic E-state index is -2.40. The zero-order valence-electron chi connectivity index (χ0n) is 11.9. The first-order valence-corrected chi connectivity index (χ1v) is 8.59. The van der Waals surface area contributed by atoms with E-state index in [1.54, 1.807) is 19.2 Å². The summed E-state index contributed by atoms with van der Waals surface area (Å²) in [6.45, 7) is -0.113. The number of aliphatic hydroxyl groups is 1. The molecule has 0 aromatic heterocycles. The van der Waals surface area contributed by atoms with E-state index in [1.807, 2.05) is 0 Å². The van der Waals surface area contributed by atoms with Crippen molar-refractivity contribution in [3.05, 3.63) is 29.8 Å². The Kier molecular flexibility index (Phi) is 5.78. The SMILES string of the molecule is CN(C1=NC(=O)CO1)c1ccc(C(O)(C(Cl)(Cl)Cl)C(Cl)(Cl)Cl)cc1. The molecule has 1 aromatic rings. The van der Waals surface area contributed by atoms with E-state index >= 15 is 0 Å². The topological polar surface area (TPSA) is 62.1 Å². The van der Waals surface area contributed by atoms with Gasteiger partial charge in [0.1, 0.15) is 0 Å². The Hall–Kier alpha value is -0.140. The highest BCUT2D eigenvalue weighted by molar-refractivity contribution is 6.73. The molecule has 1 aromatic carbocycles. The Morgan fingerprint density at radius 1 is 1.08 bits per heavy atom. The molecule has 1 N–H and O–H groups in total. The lowest BCUT2D eigenvalue weighted by Crippen LogP contribution is -2.50. The Labute approximate surface area is 168 Å². The number of carbonyl (C=O) groups is 1. The minimum Gasteiger partial charge on any atom is -0.454 e. The van der Waals surface area contributed by atoms with Crippen LogP contribution in [0.2, 0.25) is 0 Å². The molecule has 2 rings (SSSR count). The molecule has 1 aliphatic heterocycles. The molecule has 0 bridgehead atoms. The van der Waals surface area contributed by atoms with Crippen molar-refractivity contribution < 1.29 is 14.6 Å². The van der Waals surface area contributed by atoms with Crippen molar-refractivity contribution in [2.75, 3.05) is 18.6 Å². The fraction of sp³-hybridized carbons (Fsp3) is 0.385. The van der Waals surface area contributed by atoms with E-state index in [0.29, 0.717) is 5.69 Å². The van der Waals surface area contributed by atoms with Gasteiger partial charge in [0.15, 0.2) is 12.2 Å². The molecule has 0 radical (unpaired) electrons. The van der Waals surface area contributed by atoms with E-state index in [-0.39, 0.29) is 24.1 Å². The Morgan fingerprint density at radius 3 is 1.96 bits per heavy atom. The van der Waals surface area contributed by atoms with Crippen LogP contribution in [0.15, 0.2) is 29.3 Å². The number of hydrogen-bond donors (Lipinski definition) is 1. The first-order valence-electron chi connectivity index (χ1n) is 6.32. The van der Waals surface area contributed by atoms with Crippen LogP contribution in [0.25, 0.3) is 0 Å². The van der Waals surface area contributed by atoms with Gasteiger partial charge in [0, 0.05) is 12.7 Å². The van der Waals surface area contributed by atoms with Crippen molar-refractivity contribution >= 4 is 87.2 Å². The van der Waals surface area contributed by atoms with Crippen molar-refractivity contribution in [1.29, 1.82) is 0 Å². The quantitative estimate of drug-likeness (QED) is 0.687. The van der Waals surface area contributed by atoms with Gasteiger partial charge in [-0.15, -0.1) is 0 Å². The standard InChI is InChI=1S/C13H10Cl6N2O3/c1-21(10-20-9(22)6-24-10)8-4-2-7(3-5-8)11(23,12(14,15)16)13(17,18)19/h2-5,23H,6H2,1H3. The second-order valence-electron chi connectivity index (χ2n) is 4.89. The van der Waals surface area contributed by atoms with E-state index in [1.165, 1.54) is 17.0 Å². The summed E-state index contributed by atoms with van der Waals surface area (Å²) in [5, 5.41) is 10.7. The van der Waals surface area contributed by atoms with Gasteiger partial charge in [-0.1, -0.05) is 81.7 Å². The van der Waals surface area contributed by atoms with Crippen LogP contribution in [0.5, 0.6) is 0 Å². The van der Waals surface area contributed by atoms with Crippen LogP contribution < -0.4 is 4.90 Å². The molecule has 0 unspecified atom stereocenters. The number of rotatable bonds is 2. The first-order chi connectivity index (χ1) is 10.9. The molecule has 1 aliphatic rings. The predicted octanol–water partition coefficient (Wildman–Crippen LogP) is 3.96. The third-order valence-corrected chi connectivity index (χ3v) is 4.97. The van der Waals surface area contributed by atoms with Crippen LogP contribution in [-0.2, 0) is 15.1 Å². The zero-order chi connectivity index (χ0) is 18.3. The maximum atomic E-state index is 11.1. The highest BCUT2D eigenvalue weighted by Crippen LogP contribution is 2.57. The molecular formula is C13H10Cl6N2O3. The molecule has 1 heterocycles. The third kappa shape index (κ3) is 3.68. The molecule has 132 valence electrons. The smallest absolute Gasteiger partial charge is 0.300 e. The number of amides is 1. The number of benzene rings is 1. The molecule has 0 saturated carbocycles. The molecule has 0 atom stereocenters. The highest BCUT2D eigenvalue weighted by Gasteiger charge is 2.61. The molecule has 0 saturated heterocycles. The van der Waals surface area contributed by atoms with E-state index in [9.17, 15) is 9.90 Å². The Bertz CT molecular complexity index is 652. The van der Waals surface area contributed by atoms with Gasteiger partial charge in [-0.25, -0.2) is 0 Å². The normalized spacial score (nSPS) is 16.0. The van der Waals surface area contributed by atoms with Crippen LogP contribution in [0, 0.1) is 0 Å². The number of hydrogen-bond acceptors (Lipinski definition) is 4. The fourth-order valence-electron chi connectivity index (χ4n) is 1.99. The number of nitrogens with zero attached hydrogens (tertiary/aromatic N) is 2. The summed E-state index contributed by atoms with van der Waals surface area (Å²) in [7, 11) is 1.64. The average molecular weight is 455 g/mol. The van der Waals surface area contributed by atoms with Gasteiger partial charge in [0.25, 0.3) is 11.9 Å². The summed E-state index contributed by atoms with van der Waals surface area (Å²) >= 11 is 34.9. The molecule has 1 amide bonds. The van der Waals surface area contributed by atoms with E-state index in [4.69, 9.17) is 74.3 Å². The number of anilines is 1. The highest BCUT2D eigenvalue weighted by atomic mass is 35.6. The Balaban J connectivity index is 2.37. The first kappa shape index (κ1) is 20.2. The van der Waals surface area contributed by atoms with Crippen molar-refractivity contribution in [3.8, 4) is 0 Å². The van der Waals surface area contributed by atoms with Crippen molar-refractivity contribution in [2.24, 2.45) is 4.99 Å². The summed E-state index contributed by atoms with van der Waals surface area (Å²) in [5.41, 5.74) is -1.74. The third-order valence-electron chi connectivity index (χ3n) is 3.32. The molecule has 24 heavy (non-hydrogen) atoms. The predicted molar refractivity (Wildman–Crippen MR) is 97.7 cm³/mol. The monoisotopic (exact) mass is 452 g/mol. The second kappa shape index (κ2) is 6.88. The van der Waals surface area contributed by atoms with Crippen molar-refractivity contribution in [1.82, 2.24) is 0 Å². The zero-order valence-corrected chi connectivity index (χ0v) is 16.5. The van der Waals surface area contributed by atoms with Crippen LogP contribution >= 0.6 is 69.6 Å². The largest absolute Gasteiger partial charge is 0.454 e. The Morgan fingerprint density at radius 2 is 1.58 bits per heavy atom. The summed E-state index contributed by atoms with van der Waals surface area (Å²) in [6, 6.07) is 6.11.